The predicted molar refractivity (Wildman–Crippen MR) is 104 cm³/mol. The van der Waals surface area contributed by atoms with Crippen LogP contribution in [0.2, 0.25) is 0 Å². The Labute approximate surface area is 156 Å². The average molecular weight is 362 g/mol. The van der Waals surface area contributed by atoms with Crippen LogP contribution in [0.1, 0.15) is 31.9 Å². The van der Waals surface area contributed by atoms with Crippen LogP contribution in [0.4, 0.5) is 0 Å². The number of thiophene rings is 1. The number of hydrogen-bond donors (Lipinski definition) is 0. The lowest BCUT2D eigenvalue weighted by molar-refractivity contribution is 0.101. The summed E-state index contributed by atoms with van der Waals surface area (Å²) in [6, 6.07) is 15.5. The van der Waals surface area contributed by atoms with Crippen molar-refractivity contribution < 1.29 is 14.3 Å². The molecule has 1 aliphatic heterocycles. The summed E-state index contributed by atoms with van der Waals surface area (Å²) in [5.41, 5.74) is 4.04. The zero-order valence-corrected chi connectivity index (χ0v) is 15.4. The van der Waals surface area contributed by atoms with Crippen LogP contribution in [-0.4, -0.2) is 5.78 Å². The Kier molecular flexibility index (Phi) is 4.35. The van der Waals surface area contributed by atoms with Crippen molar-refractivity contribution in [1.29, 1.82) is 0 Å². The van der Waals surface area contributed by atoms with Crippen LogP contribution in [0.5, 0.6) is 11.5 Å². The topological polar surface area (TPSA) is 35.5 Å². The minimum Gasteiger partial charge on any atom is -0.489 e. The molecule has 0 aliphatic carbocycles. The van der Waals surface area contributed by atoms with Gasteiger partial charge in [-0.2, -0.15) is 0 Å². The van der Waals surface area contributed by atoms with E-state index in [0.717, 1.165) is 16.0 Å². The van der Waals surface area contributed by atoms with E-state index in [1.807, 2.05) is 48.7 Å². The first-order valence-corrected chi connectivity index (χ1v) is 9.29. The molecule has 0 amide bonds. The highest BCUT2D eigenvalue weighted by Gasteiger charge is 2.28. The van der Waals surface area contributed by atoms with E-state index in [-0.39, 0.29) is 5.78 Å². The summed E-state index contributed by atoms with van der Waals surface area (Å²) in [6.45, 7) is 4.57. The Bertz CT molecular complexity index is 1010. The van der Waals surface area contributed by atoms with Crippen LogP contribution in [0.25, 0.3) is 6.08 Å². The SMILES string of the molecule is Cc1ccccc1COc1ccc2c(c1)OC(=Cc1sccc1C)C2=O. The van der Waals surface area contributed by atoms with Crippen LogP contribution in [-0.2, 0) is 6.61 Å². The van der Waals surface area contributed by atoms with Crippen molar-refractivity contribution in [3.8, 4) is 11.5 Å². The lowest BCUT2D eigenvalue weighted by Gasteiger charge is -2.09. The molecule has 1 aromatic heterocycles. The van der Waals surface area contributed by atoms with Crippen LogP contribution in [0.15, 0.2) is 59.7 Å². The number of hydrogen-bond acceptors (Lipinski definition) is 4. The van der Waals surface area contributed by atoms with E-state index in [9.17, 15) is 4.79 Å². The smallest absolute Gasteiger partial charge is 0.232 e. The highest BCUT2D eigenvalue weighted by Crippen LogP contribution is 2.35. The van der Waals surface area contributed by atoms with E-state index in [0.29, 0.717) is 29.4 Å². The van der Waals surface area contributed by atoms with Crippen LogP contribution in [0.3, 0.4) is 0 Å². The Morgan fingerprint density at radius 2 is 1.92 bits per heavy atom. The molecule has 0 saturated carbocycles. The van der Waals surface area contributed by atoms with Crippen molar-refractivity contribution in [1.82, 2.24) is 0 Å². The fourth-order valence-electron chi connectivity index (χ4n) is 2.84. The number of ketones is 1. The third-order valence-corrected chi connectivity index (χ3v) is 5.43. The molecule has 0 saturated heterocycles. The van der Waals surface area contributed by atoms with Crippen molar-refractivity contribution in [2.75, 3.05) is 0 Å². The maximum Gasteiger partial charge on any atom is 0.232 e. The zero-order valence-electron chi connectivity index (χ0n) is 14.6. The molecule has 0 spiro atoms. The number of fused-ring (bicyclic) bond motifs is 1. The fraction of sp³-hybridized carbons (Fsp3) is 0.136. The fourth-order valence-corrected chi connectivity index (χ4v) is 3.69. The number of Topliss-reactive ketones (excluding diaryl/α,β-unsaturated/α-hetero) is 1. The van der Waals surface area contributed by atoms with Gasteiger partial charge in [-0.3, -0.25) is 4.79 Å². The van der Waals surface area contributed by atoms with Crippen molar-refractivity contribution >= 4 is 23.2 Å². The number of benzene rings is 2. The van der Waals surface area contributed by atoms with Gasteiger partial charge in [0.15, 0.2) is 5.76 Å². The minimum atomic E-state index is -0.0850. The number of ether oxygens (including phenoxy) is 2. The molecule has 130 valence electrons. The van der Waals surface area contributed by atoms with Gasteiger partial charge in [0, 0.05) is 17.0 Å². The highest BCUT2D eigenvalue weighted by molar-refractivity contribution is 7.11. The summed E-state index contributed by atoms with van der Waals surface area (Å²) in [7, 11) is 0. The van der Waals surface area contributed by atoms with Gasteiger partial charge in [0.25, 0.3) is 0 Å². The second-order valence-corrected chi connectivity index (χ2v) is 7.23. The molecule has 2 heterocycles. The lowest BCUT2D eigenvalue weighted by Crippen LogP contribution is -1.98. The Balaban J connectivity index is 1.53. The minimum absolute atomic E-state index is 0.0850. The summed E-state index contributed by atoms with van der Waals surface area (Å²) in [6.07, 6.45) is 1.82. The van der Waals surface area contributed by atoms with Gasteiger partial charge in [0.05, 0.1) is 5.56 Å². The van der Waals surface area contributed by atoms with E-state index >= 15 is 0 Å². The van der Waals surface area contributed by atoms with Gasteiger partial charge in [0.2, 0.25) is 5.78 Å². The molecule has 3 nitrogen and oxygen atoms in total. The van der Waals surface area contributed by atoms with E-state index < -0.39 is 0 Å². The molecule has 0 atom stereocenters. The van der Waals surface area contributed by atoms with E-state index in [2.05, 4.69) is 13.0 Å². The molecule has 0 bridgehead atoms. The lowest BCUT2D eigenvalue weighted by atomic mass is 10.1. The van der Waals surface area contributed by atoms with Crippen molar-refractivity contribution in [2.45, 2.75) is 20.5 Å². The summed E-state index contributed by atoms with van der Waals surface area (Å²) >= 11 is 1.59. The number of aryl methyl sites for hydroxylation is 2. The summed E-state index contributed by atoms with van der Waals surface area (Å²) in [4.78, 5) is 13.6. The maximum absolute atomic E-state index is 12.5. The van der Waals surface area contributed by atoms with Crippen LogP contribution < -0.4 is 9.47 Å². The zero-order chi connectivity index (χ0) is 18.1. The Morgan fingerprint density at radius 3 is 2.69 bits per heavy atom. The molecular weight excluding hydrogens is 344 g/mol. The first kappa shape index (κ1) is 16.6. The number of rotatable bonds is 4. The Hall–Kier alpha value is -2.85. The molecule has 0 N–H and O–H groups in total. The van der Waals surface area contributed by atoms with Crippen molar-refractivity contribution in [3.05, 3.63) is 86.8 Å². The molecule has 0 radical (unpaired) electrons. The third-order valence-electron chi connectivity index (χ3n) is 4.46. The molecular formula is C22H18O3S. The number of carbonyl (C=O) groups is 1. The molecule has 4 heteroatoms. The van der Waals surface area contributed by atoms with E-state index in [4.69, 9.17) is 9.47 Å². The van der Waals surface area contributed by atoms with E-state index in [1.54, 1.807) is 23.5 Å². The van der Waals surface area contributed by atoms with Gasteiger partial charge < -0.3 is 9.47 Å². The van der Waals surface area contributed by atoms with Gasteiger partial charge in [0.1, 0.15) is 18.1 Å². The van der Waals surface area contributed by atoms with Crippen molar-refractivity contribution in [2.24, 2.45) is 0 Å². The molecule has 1 aliphatic rings. The summed E-state index contributed by atoms with van der Waals surface area (Å²) < 4.78 is 11.7. The first-order chi connectivity index (χ1) is 12.6. The average Bonchev–Trinajstić information content (AvgIpc) is 3.18. The molecule has 4 rings (SSSR count). The second kappa shape index (κ2) is 6.81. The predicted octanol–water partition coefficient (Wildman–Crippen LogP) is 5.56. The Morgan fingerprint density at radius 1 is 1.08 bits per heavy atom. The van der Waals surface area contributed by atoms with Crippen molar-refractivity contribution in [3.63, 3.8) is 0 Å². The first-order valence-electron chi connectivity index (χ1n) is 8.41. The monoisotopic (exact) mass is 362 g/mol. The van der Waals surface area contributed by atoms with Crippen LogP contribution >= 0.6 is 11.3 Å². The standard InChI is InChI=1S/C22H18O3S/c1-14-5-3-4-6-16(14)13-24-17-7-8-18-19(11-17)25-20(22(18)23)12-21-15(2)9-10-26-21/h3-12H,13H2,1-2H3. The van der Waals surface area contributed by atoms with Gasteiger partial charge in [-0.25, -0.2) is 0 Å². The molecule has 26 heavy (non-hydrogen) atoms. The molecule has 3 aromatic rings. The molecule has 2 aromatic carbocycles. The third kappa shape index (κ3) is 3.16. The normalized spacial score (nSPS) is 14.4. The number of carbonyl (C=O) groups excluding carboxylic acids is 1. The summed E-state index contributed by atoms with van der Waals surface area (Å²) in [5, 5.41) is 2.01. The largest absolute Gasteiger partial charge is 0.489 e. The van der Waals surface area contributed by atoms with E-state index in [1.165, 1.54) is 5.56 Å². The van der Waals surface area contributed by atoms with Gasteiger partial charge >= 0.3 is 0 Å². The quantitative estimate of drug-likeness (QED) is 0.570. The molecule has 0 unspecified atom stereocenters. The number of allylic oxidation sites excluding steroid dienone is 1. The van der Waals surface area contributed by atoms with Gasteiger partial charge in [-0.15, -0.1) is 11.3 Å². The maximum atomic E-state index is 12.5. The highest BCUT2D eigenvalue weighted by atomic mass is 32.1. The second-order valence-electron chi connectivity index (χ2n) is 6.28. The van der Waals surface area contributed by atoms with Crippen LogP contribution in [0, 0.1) is 13.8 Å². The molecule has 0 fully saturated rings. The van der Waals surface area contributed by atoms with Gasteiger partial charge in [-0.1, -0.05) is 24.3 Å². The summed E-state index contributed by atoms with van der Waals surface area (Å²) in [5.74, 6) is 1.52. The van der Waals surface area contributed by atoms with Gasteiger partial charge in [-0.05, 0) is 54.1 Å².